The Morgan fingerprint density at radius 3 is 3.06 bits per heavy atom. The monoisotopic (exact) mass is 289 g/mol. The van der Waals surface area contributed by atoms with Gasteiger partial charge in [-0.1, -0.05) is 36.2 Å². The van der Waals surface area contributed by atoms with Gasteiger partial charge in [0.15, 0.2) is 4.34 Å². The lowest BCUT2D eigenvalue weighted by Crippen LogP contribution is -1.87. The summed E-state index contributed by atoms with van der Waals surface area (Å²) in [5.74, 6) is 0. The number of thiazole rings is 1. The molecule has 0 fully saturated rings. The van der Waals surface area contributed by atoms with Crippen molar-refractivity contribution in [2.24, 2.45) is 0 Å². The summed E-state index contributed by atoms with van der Waals surface area (Å²) in [5, 5.41) is 1.45. The third-order valence-electron chi connectivity index (χ3n) is 2.19. The Bertz CT molecular complexity index is 483. The van der Waals surface area contributed by atoms with Gasteiger partial charge in [0.25, 0.3) is 0 Å². The third-order valence-corrected chi connectivity index (χ3v) is 6.79. The van der Waals surface area contributed by atoms with Crippen LogP contribution in [-0.4, -0.2) is 10.2 Å². The van der Waals surface area contributed by atoms with E-state index in [4.69, 9.17) is 11.6 Å². The fourth-order valence-corrected chi connectivity index (χ4v) is 4.92. The first-order valence-corrected chi connectivity index (χ1v) is 8.49. The number of nitrogens with zero attached hydrogens (tertiary/aromatic N) is 1. The number of aromatic nitrogens is 1. The highest BCUT2D eigenvalue weighted by molar-refractivity contribution is 8.77. The first kappa shape index (κ1) is 12.6. The third kappa shape index (κ3) is 3.06. The van der Waals surface area contributed by atoms with E-state index in [0.717, 1.165) is 14.9 Å². The zero-order chi connectivity index (χ0) is 11.5. The maximum absolute atomic E-state index is 5.94. The average molecular weight is 290 g/mol. The van der Waals surface area contributed by atoms with Crippen molar-refractivity contribution in [1.82, 2.24) is 4.98 Å². The van der Waals surface area contributed by atoms with E-state index in [1.807, 2.05) is 29.0 Å². The molecule has 0 N–H and O–H groups in total. The van der Waals surface area contributed by atoms with Crippen LogP contribution in [0, 0.1) is 0 Å². The van der Waals surface area contributed by atoms with Crippen LogP contribution in [0.25, 0.3) is 10.2 Å². The molecule has 16 heavy (non-hydrogen) atoms. The zero-order valence-electron chi connectivity index (χ0n) is 9.07. The van der Waals surface area contributed by atoms with Crippen LogP contribution in [0.5, 0.6) is 0 Å². The second kappa shape index (κ2) is 5.63. The molecule has 0 aliphatic carbocycles. The largest absolute Gasteiger partial charge is 0.229 e. The summed E-state index contributed by atoms with van der Waals surface area (Å²) in [5.41, 5.74) is 1.04. The van der Waals surface area contributed by atoms with E-state index >= 15 is 0 Å². The van der Waals surface area contributed by atoms with Crippen LogP contribution in [0.3, 0.4) is 0 Å². The molecule has 1 nitrogen and oxygen atoms in total. The molecular formula is C11H12ClNS3. The Labute approximate surface area is 112 Å². The van der Waals surface area contributed by atoms with Gasteiger partial charge in [0, 0.05) is 10.3 Å². The number of halogens is 1. The lowest BCUT2D eigenvalue weighted by Gasteiger charge is -2.03. The molecule has 0 aliphatic heterocycles. The average Bonchev–Trinajstić information content (AvgIpc) is 2.67. The fourth-order valence-electron chi connectivity index (χ4n) is 1.10. The molecular weight excluding hydrogens is 278 g/mol. The van der Waals surface area contributed by atoms with E-state index < -0.39 is 0 Å². The maximum atomic E-state index is 5.94. The summed E-state index contributed by atoms with van der Waals surface area (Å²) in [6, 6.07) is 5.85. The summed E-state index contributed by atoms with van der Waals surface area (Å²) < 4.78 is 2.28. The van der Waals surface area contributed by atoms with Gasteiger partial charge in [0.05, 0.1) is 10.2 Å². The van der Waals surface area contributed by atoms with Crippen molar-refractivity contribution in [3.8, 4) is 0 Å². The van der Waals surface area contributed by atoms with E-state index in [2.05, 4.69) is 18.8 Å². The standard InChI is InChI=1S/C11H12ClNS3/c1-3-7(2)15-16-11-13-9-5-4-8(12)6-10(9)14-11/h4-7H,3H2,1-2H3. The molecule has 0 saturated carbocycles. The van der Waals surface area contributed by atoms with E-state index in [-0.39, 0.29) is 0 Å². The molecule has 2 rings (SSSR count). The van der Waals surface area contributed by atoms with Gasteiger partial charge in [0.2, 0.25) is 0 Å². The van der Waals surface area contributed by atoms with Gasteiger partial charge in [-0.25, -0.2) is 4.98 Å². The lowest BCUT2D eigenvalue weighted by molar-refractivity contribution is 0.912. The molecule has 0 spiro atoms. The Morgan fingerprint density at radius 1 is 1.50 bits per heavy atom. The Kier molecular flexibility index (Phi) is 4.41. The fraction of sp³-hybridized carbons (Fsp3) is 0.364. The van der Waals surface area contributed by atoms with E-state index in [9.17, 15) is 0 Å². The molecule has 1 heterocycles. The van der Waals surface area contributed by atoms with Crippen molar-refractivity contribution in [2.75, 3.05) is 0 Å². The zero-order valence-corrected chi connectivity index (χ0v) is 12.3. The summed E-state index contributed by atoms with van der Waals surface area (Å²) in [6.45, 7) is 4.44. The van der Waals surface area contributed by atoms with Crippen LogP contribution in [0.15, 0.2) is 22.5 Å². The quantitative estimate of drug-likeness (QED) is 0.691. The summed E-state index contributed by atoms with van der Waals surface area (Å²) in [7, 11) is 3.65. The van der Waals surface area contributed by atoms with Gasteiger partial charge in [-0.05, 0) is 35.4 Å². The van der Waals surface area contributed by atoms with Crippen molar-refractivity contribution in [3.05, 3.63) is 23.2 Å². The van der Waals surface area contributed by atoms with Crippen LogP contribution < -0.4 is 0 Å². The van der Waals surface area contributed by atoms with Gasteiger partial charge in [0.1, 0.15) is 0 Å². The Balaban J connectivity index is 2.13. The van der Waals surface area contributed by atoms with E-state index in [1.54, 1.807) is 22.1 Å². The Morgan fingerprint density at radius 2 is 2.31 bits per heavy atom. The van der Waals surface area contributed by atoms with Crippen LogP contribution in [0.1, 0.15) is 20.3 Å². The highest BCUT2D eigenvalue weighted by atomic mass is 35.5. The van der Waals surface area contributed by atoms with Gasteiger partial charge >= 0.3 is 0 Å². The molecule has 1 unspecified atom stereocenters. The molecule has 5 heteroatoms. The van der Waals surface area contributed by atoms with Crippen molar-refractivity contribution in [1.29, 1.82) is 0 Å². The maximum Gasteiger partial charge on any atom is 0.161 e. The molecule has 1 aromatic carbocycles. The van der Waals surface area contributed by atoms with Crippen molar-refractivity contribution in [2.45, 2.75) is 29.9 Å². The smallest absolute Gasteiger partial charge is 0.161 e. The van der Waals surface area contributed by atoms with Gasteiger partial charge in [-0.3, -0.25) is 0 Å². The second-order valence-corrected chi connectivity index (χ2v) is 7.84. The van der Waals surface area contributed by atoms with Gasteiger partial charge < -0.3 is 0 Å². The van der Waals surface area contributed by atoms with Crippen LogP contribution >= 0.6 is 44.5 Å². The minimum atomic E-state index is 0.667. The Hall–Kier alpha value is 0.1000. The molecule has 1 atom stereocenters. The molecule has 0 radical (unpaired) electrons. The summed E-state index contributed by atoms with van der Waals surface area (Å²) >= 11 is 7.66. The second-order valence-electron chi connectivity index (χ2n) is 3.49. The van der Waals surface area contributed by atoms with Crippen LogP contribution in [0.2, 0.25) is 5.02 Å². The van der Waals surface area contributed by atoms with Crippen LogP contribution in [0.4, 0.5) is 0 Å². The minimum Gasteiger partial charge on any atom is -0.229 e. The predicted octanol–water partition coefficient (Wildman–Crippen LogP) is 5.49. The van der Waals surface area contributed by atoms with Crippen molar-refractivity contribution >= 4 is 54.7 Å². The number of hydrogen-bond donors (Lipinski definition) is 0. The van der Waals surface area contributed by atoms with Gasteiger partial charge in [-0.2, -0.15) is 0 Å². The normalized spacial score (nSPS) is 13.2. The molecule has 1 aromatic heterocycles. The molecule has 0 bridgehead atoms. The highest BCUT2D eigenvalue weighted by Gasteiger charge is 2.07. The molecule has 86 valence electrons. The number of hydrogen-bond acceptors (Lipinski definition) is 4. The predicted molar refractivity (Wildman–Crippen MR) is 77.8 cm³/mol. The van der Waals surface area contributed by atoms with Crippen LogP contribution in [-0.2, 0) is 0 Å². The first-order valence-electron chi connectivity index (χ1n) is 5.08. The van der Waals surface area contributed by atoms with Crippen molar-refractivity contribution < 1.29 is 0 Å². The van der Waals surface area contributed by atoms with E-state index in [1.165, 1.54) is 11.1 Å². The topological polar surface area (TPSA) is 12.9 Å². The molecule has 0 amide bonds. The summed E-state index contributed by atoms with van der Waals surface area (Å²) in [6.07, 6.45) is 1.19. The molecule has 0 saturated heterocycles. The minimum absolute atomic E-state index is 0.667. The molecule has 0 aliphatic rings. The SMILES string of the molecule is CCC(C)SSc1nc2ccc(Cl)cc2s1. The number of fused-ring (bicyclic) bond motifs is 1. The molecule has 2 aromatic rings. The number of rotatable bonds is 4. The lowest BCUT2D eigenvalue weighted by atomic mass is 10.3. The van der Waals surface area contributed by atoms with E-state index in [0.29, 0.717) is 5.25 Å². The van der Waals surface area contributed by atoms with Crippen molar-refractivity contribution in [3.63, 3.8) is 0 Å². The number of benzene rings is 1. The highest BCUT2D eigenvalue weighted by Crippen LogP contribution is 2.39. The first-order chi connectivity index (χ1) is 7.69. The van der Waals surface area contributed by atoms with Gasteiger partial charge in [-0.15, -0.1) is 11.3 Å². The summed E-state index contributed by atoms with van der Waals surface area (Å²) in [4.78, 5) is 4.56.